The minimum atomic E-state index is -0.289. The molecule has 3 aromatic carbocycles. The Morgan fingerprint density at radius 1 is 0.914 bits per heavy atom. The van der Waals surface area contributed by atoms with Crippen LogP contribution in [0.5, 0.6) is 5.75 Å². The number of amides is 2. The minimum Gasteiger partial charge on any atom is -0.497 e. The highest BCUT2D eigenvalue weighted by molar-refractivity contribution is 5.98. The number of benzene rings is 3. The molecule has 0 saturated carbocycles. The van der Waals surface area contributed by atoms with E-state index in [9.17, 15) is 9.59 Å². The maximum atomic E-state index is 13.5. The fourth-order valence-electron chi connectivity index (χ4n) is 5.03. The largest absolute Gasteiger partial charge is 0.497 e. The summed E-state index contributed by atoms with van der Waals surface area (Å²) in [6.45, 7) is 5.47. The summed E-state index contributed by atoms with van der Waals surface area (Å²) in [4.78, 5) is 32.8. The summed E-state index contributed by atoms with van der Waals surface area (Å²) >= 11 is 0. The summed E-state index contributed by atoms with van der Waals surface area (Å²) in [5.74, 6) is 0.931. The molecule has 3 aromatic rings. The number of anilines is 1. The number of carbonyl (C=O) groups excluding carboxylic acids is 2. The average molecular weight is 470 g/mol. The fourth-order valence-corrected chi connectivity index (χ4v) is 5.03. The number of hydrogen-bond acceptors (Lipinski definition) is 4. The molecule has 0 radical (unpaired) electrons. The number of hydrogen-bond donors (Lipinski definition) is 0. The van der Waals surface area contributed by atoms with Crippen molar-refractivity contribution in [1.29, 1.82) is 0 Å². The highest BCUT2D eigenvalue weighted by atomic mass is 16.5. The van der Waals surface area contributed by atoms with Crippen LogP contribution in [-0.2, 0) is 11.3 Å². The summed E-state index contributed by atoms with van der Waals surface area (Å²) in [5, 5.41) is 0. The van der Waals surface area contributed by atoms with Gasteiger partial charge in [0, 0.05) is 44.0 Å². The van der Waals surface area contributed by atoms with Gasteiger partial charge in [-0.15, -0.1) is 0 Å². The van der Waals surface area contributed by atoms with Crippen LogP contribution < -0.4 is 9.64 Å². The molecule has 0 spiro atoms. The Morgan fingerprint density at radius 3 is 2.26 bits per heavy atom. The first kappa shape index (κ1) is 23.0. The van der Waals surface area contributed by atoms with E-state index in [1.54, 1.807) is 7.11 Å². The van der Waals surface area contributed by atoms with Gasteiger partial charge in [0.05, 0.1) is 19.6 Å². The van der Waals surface area contributed by atoms with E-state index in [0.717, 1.165) is 46.8 Å². The molecular formula is C29H31N3O3. The van der Waals surface area contributed by atoms with Gasteiger partial charge in [-0.25, -0.2) is 0 Å². The Kier molecular flexibility index (Phi) is 6.45. The molecule has 0 aromatic heterocycles. The zero-order valence-corrected chi connectivity index (χ0v) is 20.3. The lowest BCUT2D eigenvalue weighted by Gasteiger charge is -2.37. The zero-order chi connectivity index (χ0) is 24.4. The van der Waals surface area contributed by atoms with Crippen molar-refractivity contribution in [2.24, 2.45) is 0 Å². The van der Waals surface area contributed by atoms with E-state index in [1.165, 1.54) is 0 Å². The average Bonchev–Trinajstić information content (AvgIpc) is 3.24. The van der Waals surface area contributed by atoms with Gasteiger partial charge in [0.15, 0.2) is 0 Å². The third kappa shape index (κ3) is 4.74. The Bertz CT molecular complexity index is 1200. The van der Waals surface area contributed by atoms with Crippen LogP contribution in [0.25, 0.3) is 0 Å². The normalized spacial score (nSPS) is 16.3. The number of aryl methyl sites for hydroxylation is 1. The molecule has 5 rings (SSSR count). The molecule has 6 heteroatoms. The number of rotatable bonds is 6. The molecule has 2 heterocycles. The number of carbonyl (C=O) groups is 2. The molecule has 0 bridgehead atoms. The summed E-state index contributed by atoms with van der Waals surface area (Å²) in [5.41, 5.74) is 5.06. The van der Waals surface area contributed by atoms with Crippen LogP contribution in [0.1, 0.15) is 39.5 Å². The molecule has 2 aliphatic heterocycles. The number of ether oxygens (including phenoxy) is 1. The second-order valence-electron chi connectivity index (χ2n) is 9.29. The topological polar surface area (TPSA) is 53.1 Å². The third-order valence-corrected chi connectivity index (χ3v) is 7.13. The van der Waals surface area contributed by atoms with Gasteiger partial charge < -0.3 is 19.4 Å². The Balaban J connectivity index is 1.29. The smallest absolute Gasteiger partial charge is 0.255 e. The Hall–Kier alpha value is -3.80. The predicted molar refractivity (Wildman–Crippen MR) is 137 cm³/mol. The molecule has 180 valence electrons. The number of piperazine rings is 1. The standard InChI is InChI=1S/C29H31N3O3/c1-21-7-9-22(10-8-21)27(32-20-23-5-3-4-6-26(23)29(32)34)19-28(33)31-17-15-30(16-18-31)24-11-13-25(35-2)14-12-24/h3-14,27H,15-20H2,1-2H3. The van der Waals surface area contributed by atoms with Gasteiger partial charge in [0.25, 0.3) is 5.91 Å². The van der Waals surface area contributed by atoms with Crippen LogP contribution in [0.2, 0.25) is 0 Å². The number of nitrogens with zero attached hydrogens (tertiary/aromatic N) is 3. The molecule has 0 aliphatic carbocycles. The van der Waals surface area contributed by atoms with E-state index < -0.39 is 0 Å². The highest BCUT2D eigenvalue weighted by Gasteiger charge is 2.35. The van der Waals surface area contributed by atoms with E-state index in [4.69, 9.17) is 4.74 Å². The first-order valence-electron chi connectivity index (χ1n) is 12.2. The number of fused-ring (bicyclic) bond motifs is 1. The molecule has 6 nitrogen and oxygen atoms in total. The molecule has 1 saturated heterocycles. The molecule has 35 heavy (non-hydrogen) atoms. The lowest BCUT2D eigenvalue weighted by molar-refractivity contribution is -0.132. The van der Waals surface area contributed by atoms with E-state index in [1.807, 2.05) is 77.4 Å². The van der Waals surface area contributed by atoms with E-state index in [2.05, 4.69) is 17.0 Å². The summed E-state index contributed by atoms with van der Waals surface area (Å²) < 4.78 is 5.26. The van der Waals surface area contributed by atoms with Gasteiger partial charge in [-0.2, -0.15) is 0 Å². The van der Waals surface area contributed by atoms with Crippen LogP contribution in [0.15, 0.2) is 72.8 Å². The van der Waals surface area contributed by atoms with Crippen molar-refractivity contribution < 1.29 is 14.3 Å². The lowest BCUT2D eigenvalue weighted by Crippen LogP contribution is -2.49. The van der Waals surface area contributed by atoms with Gasteiger partial charge >= 0.3 is 0 Å². The molecule has 0 N–H and O–H groups in total. The first-order valence-corrected chi connectivity index (χ1v) is 12.2. The minimum absolute atomic E-state index is 0.00306. The van der Waals surface area contributed by atoms with Gasteiger partial charge in [-0.05, 0) is 48.4 Å². The highest BCUT2D eigenvalue weighted by Crippen LogP contribution is 2.34. The fraction of sp³-hybridized carbons (Fsp3) is 0.310. The lowest BCUT2D eigenvalue weighted by atomic mass is 9.99. The van der Waals surface area contributed by atoms with Crippen LogP contribution in [0.3, 0.4) is 0 Å². The van der Waals surface area contributed by atoms with Crippen LogP contribution in [0.4, 0.5) is 5.69 Å². The molecule has 2 amide bonds. The molecule has 1 unspecified atom stereocenters. The van der Waals surface area contributed by atoms with E-state index >= 15 is 0 Å². The maximum absolute atomic E-state index is 13.5. The summed E-state index contributed by atoms with van der Waals surface area (Å²) in [6.07, 6.45) is 0.283. The van der Waals surface area contributed by atoms with Crippen molar-refractivity contribution in [2.75, 3.05) is 38.2 Å². The van der Waals surface area contributed by atoms with E-state index in [0.29, 0.717) is 19.6 Å². The van der Waals surface area contributed by atoms with Gasteiger partial charge in [-0.1, -0.05) is 48.0 Å². The van der Waals surface area contributed by atoms with Crippen LogP contribution >= 0.6 is 0 Å². The Labute approximate surface area is 206 Å². The Morgan fingerprint density at radius 2 is 1.60 bits per heavy atom. The second-order valence-corrected chi connectivity index (χ2v) is 9.29. The molecule has 1 atom stereocenters. The van der Waals surface area contributed by atoms with Crippen molar-refractivity contribution in [1.82, 2.24) is 9.80 Å². The molecule has 1 fully saturated rings. The van der Waals surface area contributed by atoms with Crippen LogP contribution in [-0.4, -0.2) is 54.9 Å². The van der Waals surface area contributed by atoms with Crippen molar-refractivity contribution in [3.05, 3.63) is 95.1 Å². The second kappa shape index (κ2) is 9.82. The first-order chi connectivity index (χ1) is 17.0. The third-order valence-electron chi connectivity index (χ3n) is 7.13. The molecule has 2 aliphatic rings. The quantitative estimate of drug-likeness (QED) is 0.536. The predicted octanol–water partition coefficient (Wildman–Crippen LogP) is 4.44. The summed E-state index contributed by atoms with van der Waals surface area (Å²) in [7, 11) is 1.66. The van der Waals surface area contributed by atoms with Crippen molar-refractivity contribution in [3.8, 4) is 5.75 Å². The zero-order valence-electron chi connectivity index (χ0n) is 20.3. The SMILES string of the molecule is COc1ccc(N2CCN(C(=O)CC(c3ccc(C)cc3)N3Cc4ccccc4C3=O)CC2)cc1. The van der Waals surface area contributed by atoms with Gasteiger partial charge in [0.1, 0.15) is 5.75 Å². The summed E-state index contributed by atoms with van der Waals surface area (Å²) in [6, 6.07) is 23.7. The van der Waals surface area contributed by atoms with Gasteiger partial charge in [-0.3, -0.25) is 9.59 Å². The monoisotopic (exact) mass is 469 g/mol. The van der Waals surface area contributed by atoms with Crippen molar-refractivity contribution in [2.45, 2.75) is 25.9 Å². The van der Waals surface area contributed by atoms with Crippen LogP contribution in [0, 0.1) is 6.92 Å². The van der Waals surface area contributed by atoms with Gasteiger partial charge in [0.2, 0.25) is 5.91 Å². The maximum Gasteiger partial charge on any atom is 0.255 e. The number of methoxy groups -OCH3 is 1. The van der Waals surface area contributed by atoms with Crippen molar-refractivity contribution in [3.63, 3.8) is 0 Å². The van der Waals surface area contributed by atoms with Crippen molar-refractivity contribution >= 4 is 17.5 Å². The van der Waals surface area contributed by atoms with E-state index in [-0.39, 0.29) is 24.3 Å². The molecular weight excluding hydrogens is 438 g/mol.